The van der Waals surface area contributed by atoms with Crippen LogP contribution in [0, 0.1) is 19.4 Å². The van der Waals surface area contributed by atoms with Crippen molar-refractivity contribution in [1.29, 1.82) is 0 Å². The molecule has 1 atom stereocenters. The number of halogens is 3. The molecule has 9 heteroatoms. The predicted molar refractivity (Wildman–Crippen MR) is 143 cm³/mol. The minimum Gasteiger partial charge on any atom is -0.321 e. The molecule has 1 fully saturated rings. The second-order valence-corrected chi connectivity index (χ2v) is 9.73. The number of benzene rings is 3. The zero-order chi connectivity index (χ0) is 27.6. The molecule has 1 saturated carbocycles. The van der Waals surface area contributed by atoms with Gasteiger partial charge in [-0.05, 0) is 67.6 Å². The number of carbonyl (C=O) groups is 1. The Kier molecular flexibility index (Phi) is 7.22. The Bertz CT molecular complexity index is 1550. The van der Waals surface area contributed by atoms with Crippen LogP contribution in [0.5, 0.6) is 0 Å². The number of amides is 1. The van der Waals surface area contributed by atoms with E-state index in [0.717, 1.165) is 34.0 Å². The van der Waals surface area contributed by atoms with Crippen molar-refractivity contribution in [1.82, 2.24) is 15.1 Å². The van der Waals surface area contributed by atoms with Crippen molar-refractivity contribution >= 4 is 17.3 Å². The van der Waals surface area contributed by atoms with Crippen molar-refractivity contribution < 1.29 is 18.0 Å². The zero-order valence-electron chi connectivity index (χ0n) is 21.2. The van der Waals surface area contributed by atoms with Gasteiger partial charge in [-0.15, -0.1) is 0 Å². The van der Waals surface area contributed by atoms with E-state index in [1.54, 1.807) is 6.07 Å². The number of hydrogen-bond donors (Lipinski definition) is 2. The van der Waals surface area contributed by atoms with E-state index in [1.807, 2.05) is 37.3 Å². The Morgan fingerprint density at radius 3 is 2.46 bits per heavy atom. The Morgan fingerprint density at radius 1 is 1.05 bits per heavy atom. The normalized spacial score (nSPS) is 14.0. The van der Waals surface area contributed by atoms with E-state index in [0.29, 0.717) is 11.6 Å². The fourth-order valence-corrected chi connectivity index (χ4v) is 4.45. The Morgan fingerprint density at radius 2 is 1.77 bits per heavy atom. The maximum Gasteiger partial charge on any atom is 0.435 e. The van der Waals surface area contributed by atoms with Gasteiger partial charge in [-0.3, -0.25) is 4.79 Å². The smallest absolute Gasteiger partial charge is 0.321 e. The molecule has 0 spiro atoms. The molecule has 1 amide bonds. The molecule has 5 rings (SSSR count). The molecule has 1 heterocycles. The van der Waals surface area contributed by atoms with Gasteiger partial charge in [-0.25, -0.2) is 9.53 Å². The Labute approximate surface area is 224 Å². The molecule has 1 aliphatic carbocycles. The molecule has 1 aromatic heterocycles. The number of aromatic nitrogens is 2. The summed E-state index contributed by atoms with van der Waals surface area (Å²) in [5.41, 5.74) is 2.50. The second-order valence-electron chi connectivity index (χ2n) is 9.73. The molecule has 0 saturated heterocycles. The SMILES string of the molecule is [C-]#[N+]c1cccc(-n2nc(C(F)(F)F)cc2C(=O)Nc2cccc(C(NCC3CC3)c3cccc(C)c3)c2)c1. The van der Waals surface area contributed by atoms with E-state index in [9.17, 15) is 18.0 Å². The minimum absolute atomic E-state index is 0.110. The number of hydrogen-bond acceptors (Lipinski definition) is 3. The first kappa shape index (κ1) is 26.2. The third-order valence-corrected chi connectivity index (χ3v) is 6.60. The van der Waals surface area contributed by atoms with Gasteiger partial charge >= 0.3 is 6.18 Å². The molecule has 0 aliphatic heterocycles. The predicted octanol–water partition coefficient (Wildman–Crippen LogP) is 7.09. The summed E-state index contributed by atoms with van der Waals surface area (Å²) in [7, 11) is 0. The van der Waals surface area contributed by atoms with Crippen molar-refractivity contribution in [3.05, 3.63) is 118 Å². The summed E-state index contributed by atoms with van der Waals surface area (Å²) in [6.45, 7) is 10.1. The van der Waals surface area contributed by atoms with Crippen LogP contribution in [-0.2, 0) is 6.18 Å². The minimum atomic E-state index is -4.74. The molecule has 0 radical (unpaired) electrons. The van der Waals surface area contributed by atoms with Crippen LogP contribution < -0.4 is 10.6 Å². The molecule has 0 bridgehead atoms. The van der Waals surface area contributed by atoms with Gasteiger partial charge in [0.15, 0.2) is 11.4 Å². The average Bonchev–Trinajstić information content (AvgIpc) is 3.62. The quantitative estimate of drug-likeness (QED) is 0.240. The molecule has 6 nitrogen and oxygen atoms in total. The van der Waals surface area contributed by atoms with Crippen LogP contribution in [0.1, 0.15) is 51.8 Å². The lowest BCUT2D eigenvalue weighted by atomic mass is 9.96. The number of carbonyl (C=O) groups excluding carboxylic acids is 1. The number of alkyl halides is 3. The highest BCUT2D eigenvalue weighted by atomic mass is 19.4. The summed E-state index contributed by atoms with van der Waals surface area (Å²) in [6, 6.07) is 22.0. The van der Waals surface area contributed by atoms with Crippen molar-refractivity contribution in [2.45, 2.75) is 32.0 Å². The summed E-state index contributed by atoms with van der Waals surface area (Å²) in [4.78, 5) is 16.6. The van der Waals surface area contributed by atoms with Crippen LogP contribution in [-0.4, -0.2) is 22.2 Å². The number of rotatable bonds is 8. The largest absolute Gasteiger partial charge is 0.435 e. The molecule has 1 aliphatic rings. The molecule has 3 aromatic carbocycles. The van der Waals surface area contributed by atoms with Crippen molar-refractivity contribution in [3.63, 3.8) is 0 Å². The Hall–Kier alpha value is -4.42. The van der Waals surface area contributed by atoms with Crippen LogP contribution in [0.4, 0.5) is 24.5 Å². The standard InChI is InChI=1S/C30H26F3N5O/c1-19-6-3-7-21(14-19)28(35-18-20-12-13-20)22-8-4-10-24(15-22)36-29(39)26-17-27(30(31,32)33)37-38(26)25-11-5-9-23(16-25)34-2/h3-11,14-17,20,28,35H,12-13,18H2,1H3,(H,36,39). The van der Waals surface area contributed by atoms with Crippen LogP contribution in [0.15, 0.2) is 78.9 Å². The first-order valence-corrected chi connectivity index (χ1v) is 12.6. The van der Waals surface area contributed by atoms with E-state index < -0.39 is 17.8 Å². The van der Waals surface area contributed by atoms with Gasteiger partial charge in [-0.2, -0.15) is 18.3 Å². The molecule has 198 valence electrons. The highest BCUT2D eigenvalue weighted by Crippen LogP contribution is 2.32. The van der Waals surface area contributed by atoms with E-state index >= 15 is 0 Å². The summed E-state index contributed by atoms with van der Waals surface area (Å²) in [6.07, 6.45) is -2.34. The summed E-state index contributed by atoms with van der Waals surface area (Å²) < 4.78 is 41.5. The van der Waals surface area contributed by atoms with E-state index in [4.69, 9.17) is 6.57 Å². The number of nitrogens with one attached hydrogen (secondary N) is 2. The lowest BCUT2D eigenvalue weighted by Gasteiger charge is -2.21. The number of nitrogens with zero attached hydrogens (tertiary/aromatic N) is 3. The molecule has 2 N–H and O–H groups in total. The molecule has 39 heavy (non-hydrogen) atoms. The van der Waals surface area contributed by atoms with Gasteiger partial charge in [0.2, 0.25) is 0 Å². The van der Waals surface area contributed by atoms with Gasteiger partial charge in [0.05, 0.1) is 18.3 Å². The molecule has 1 unspecified atom stereocenters. The molecular weight excluding hydrogens is 503 g/mol. The Balaban J connectivity index is 1.46. The highest BCUT2D eigenvalue weighted by molar-refractivity contribution is 6.03. The number of anilines is 1. The first-order valence-electron chi connectivity index (χ1n) is 12.6. The van der Waals surface area contributed by atoms with Gasteiger partial charge < -0.3 is 10.6 Å². The van der Waals surface area contributed by atoms with Crippen LogP contribution in [0.2, 0.25) is 0 Å². The van der Waals surface area contributed by atoms with Gasteiger partial charge in [0.25, 0.3) is 5.91 Å². The second kappa shape index (κ2) is 10.8. The average molecular weight is 530 g/mol. The first-order chi connectivity index (χ1) is 18.7. The van der Waals surface area contributed by atoms with Crippen LogP contribution >= 0.6 is 0 Å². The summed E-state index contributed by atoms with van der Waals surface area (Å²) in [5.74, 6) is -0.0916. The van der Waals surface area contributed by atoms with Crippen LogP contribution in [0.3, 0.4) is 0 Å². The van der Waals surface area contributed by atoms with E-state index in [1.165, 1.54) is 37.1 Å². The molecular formula is C30H26F3N5O. The van der Waals surface area contributed by atoms with E-state index in [2.05, 4.69) is 32.7 Å². The van der Waals surface area contributed by atoms with Gasteiger partial charge in [0, 0.05) is 11.8 Å². The third-order valence-electron chi connectivity index (χ3n) is 6.60. The van der Waals surface area contributed by atoms with Crippen molar-refractivity contribution in [2.24, 2.45) is 5.92 Å². The fourth-order valence-electron chi connectivity index (χ4n) is 4.45. The monoisotopic (exact) mass is 529 g/mol. The lowest BCUT2D eigenvalue weighted by molar-refractivity contribution is -0.141. The van der Waals surface area contributed by atoms with Gasteiger partial charge in [-0.1, -0.05) is 54.1 Å². The summed E-state index contributed by atoms with van der Waals surface area (Å²) >= 11 is 0. The maximum atomic E-state index is 13.5. The molecule has 4 aromatic rings. The summed E-state index contributed by atoms with van der Waals surface area (Å²) in [5, 5.41) is 10.0. The topological polar surface area (TPSA) is 63.3 Å². The van der Waals surface area contributed by atoms with Crippen molar-refractivity contribution in [3.8, 4) is 5.69 Å². The van der Waals surface area contributed by atoms with E-state index in [-0.39, 0.29) is 23.1 Å². The third kappa shape index (κ3) is 6.19. The highest BCUT2D eigenvalue weighted by Gasteiger charge is 2.36. The lowest BCUT2D eigenvalue weighted by Crippen LogP contribution is -2.25. The fraction of sp³-hybridized carbons (Fsp3) is 0.233. The van der Waals surface area contributed by atoms with Gasteiger partial charge in [0.1, 0.15) is 5.69 Å². The maximum absolute atomic E-state index is 13.5. The van der Waals surface area contributed by atoms with Crippen molar-refractivity contribution in [2.75, 3.05) is 11.9 Å². The zero-order valence-corrected chi connectivity index (χ0v) is 21.2. The number of aryl methyl sites for hydroxylation is 1. The van der Waals surface area contributed by atoms with Crippen LogP contribution in [0.25, 0.3) is 10.5 Å².